The van der Waals surface area contributed by atoms with E-state index in [0.717, 1.165) is 56.1 Å². The molecular formula is C30H40O4. The Morgan fingerprint density at radius 3 is 2.29 bits per heavy atom. The van der Waals surface area contributed by atoms with Crippen molar-refractivity contribution in [2.75, 3.05) is 7.11 Å². The Labute approximate surface area is 204 Å². The van der Waals surface area contributed by atoms with Crippen molar-refractivity contribution in [1.29, 1.82) is 0 Å². The van der Waals surface area contributed by atoms with Crippen molar-refractivity contribution < 1.29 is 19.1 Å². The minimum absolute atomic E-state index is 0.0326. The van der Waals surface area contributed by atoms with Crippen LogP contribution in [-0.2, 0) is 19.1 Å². The number of esters is 1. The Morgan fingerprint density at radius 2 is 1.62 bits per heavy atom. The van der Waals surface area contributed by atoms with E-state index in [4.69, 9.17) is 4.74 Å². The van der Waals surface area contributed by atoms with Crippen molar-refractivity contribution in [3.8, 4) is 0 Å². The predicted octanol–water partition coefficient (Wildman–Crippen LogP) is 6.16. The number of allylic oxidation sites excluding steroid dienone is 6. The van der Waals surface area contributed by atoms with Crippen molar-refractivity contribution in [1.82, 2.24) is 0 Å². The highest BCUT2D eigenvalue weighted by Gasteiger charge is 2.67. The van der Waals surface area contributed by atoms with Gasteiger partial charge in [-0.15, -0.1) is 0 Å². The highest BCUT2D eigenvalue weighted by Crippen LogP contribution is 2.75. The van der Waals surface area contributed by atoms with Gasteiger partial charge in [0.05, 0.1) is 12.5 Å². The molecule has 0 amide bonds. The topological polar surface area (TPSA) is 60.4 Å². The van der Waals surface area contributed by atoms with Crippen LogP contribution in [0.5, 0.6) is 0 Å². The van der Waals surface area contributed by atoms with Crippen LogP contribution in [0.25, 0.3) is 0 Å². The number of Topliss-reactive ketones (excluding diaryl/α,β-unsaturated/α-hetero) is 1. The largest absolute Gasteiger partial charge is 0.469 e. The van der Waals surface area contributed by atoms with E-state index >= 15 is 0 Å². The van der Waals surface area contributed by atoms with E-state index in [1.165, 1.54) is 12.7 Å². The normalized spacial score (nSPS) is 47.8. The van der Waals surface area contributed by atoms with Crippen molar-refractivity contribution in [2.24, 2.45) is 38.9 Å². The fraction of sp³-hybridized carbons (Fsp3) is 0.700. The Bertz CT molecular complexity index is 1090. The van der Waals surface area contributed by atoms with Gasteiger partial charge in [0.15, 0.2) is 0 Å². The van der Waals surface area contributed by atoms with E-state index in [-0.39, 0.29) is 45.1 Å². The highest BCUT2D eigenvalue weighted by atomic mass is 16.5. The van der Waals surface area contributed by atoms with Crippen molar-refractivity contribution in [3.05, 3.63) is 34.9 Å². The summed E-state index contributed by atoms with van der Waals surface area (Å²) >= 11 is 0. The molecule has 5 aliphatic carbocycles. The lowest BCUT2D eigenvalue weighted by atomic mass is 9.34. The number of carbonyl (C=O) groups is 3. The van der Waals surface area contributed by atoms with Crippen LogP contribution >= 0.6 is 0 Å². The Hall–Kier alpha value is -1.97. The van der Waals surface area contributed by atoms with Gasteiger partial charge in [0.2, 0.25) is 11.6 Å². The summed E-state index contributed by atoms with van der Waals surface area (Å²) in [6.07, 6.45) is 13.2. The molecule has 4 heteroatoms. The molecular weight excluding hydrogens is 424 g/mol. The van der Waals surface area contributed by atoms with E-state index in [2.05, 4.69) is 46.8 Å². The SMILES string of the molecule is COC(=O)[C@]1(C)CC[C@]2(C)CC[C@]3(C)C4=CC=C5C(=CC(=O)C(=O)C5C)[C@]4(C)CC[C@@]3(C)[C@@H]2C1. The molecule has 1 unspecified atom stereocenters. The second-order valence-electron chi connectivity index (χ2n) is 13.3. The zero-order chi connectivity index (χ0) is 24.9. The first kappa shape index (κ1) is 23.8. The Morgan fingerprint density at radius 1 is 0.941 bits per heavy atom. The Kier molecular flexibility index (Phi) is 4.92. The number of ether oxygens (including phenoxy) is 1. The van der Waals surface area contributed by atoms with Gasteiger partial charge in [0.1, 0.15) is 0 Å². The number of rotatable bonds is 1. The smallest absolute Gasteiger partial charge is 0.311 e. The lowest BCUT2D eigenvalue weighted by molar-refractivity contribution is -0.180. The number of ketones is 2. The first-order valence-electron chi connectivity index (χ1n) is 13.1. The van der Waals surface area contributed by atoms with Gasteiger partial charge in [0, 0.05) is 11.3 Å². The van der Waals surface area contributed by atoms with Crippen LogP contribution in [0, 0.1) is 38.9 Å². The molecule has 0 bridgehead atoms. The summed E-state index contributed by atoms with van der Waals surface area (Å²) < 4.78 is 5.26. The van der Waals surface area contributed by atoms with Gasteiger partial charge in [-0.05, 0) is 91.3 Å². The molecule has 184 valence electrons. The molecule has 0 aromatic carbocycles. The van der Waals surface area contributed by atoms with Crippen molar-refractivity contribution in [2.45, 2.75) is 86.5 Å². The zero-order valence-corrected chi connectivity index (χ0v) is 22.0. The summed E-state index contributed by atoms with van der Waals surface area (Å²) in [4.78, 5) is 37.8. The van der Waals surface area contributed by atoms with Gasteiger partial charge in [0.25, 0.3) is 0 Å². The maximum absolute atomic E-state index is 12.8. The van der Waals surface area contributed by atoms with Gasteiger partial charge >= 0.3 is 5.97 Å². The molecule has 0 saturated heterocycles. The van der Waals surface area contributed by atoms with E-state index in [1.54, 1.807) is 6.08 Å². The summed E-state index contributed by atoms with van der Waals surface area (Å²) in [5.74, 6) is -0.648. The average Bonchev–Trinajstić information content (AvgIpc) is 2.80. The molecule has 4 nitrogen and oxygen atoms in total. The molecule has 3 fully saturated rings. The van der Waals surface area contributed by atoms with Crippen LogP contribution < -0.4 is 0 Å². The summed E-state index contributed by atoms with van der Waals surface area (Å²) in [5.41, 5.74) is 3.11. The lowest BCUT2D eigenvalue weighted by Crippen LogP contribution is -2.62. The van der Waals surface area contributed by atoms with Gasteiger partial charge in [-0.3, -0.25) is 14.4 Å². The van der Waals surface area contributed by atoms with Crippen LogP contribution in [-0.4, -0.2) is 24.6 Å². The van der Waals surface area contributed by atoms with Crippen molar-refractivity contribution in [3.63, 3.8) is 0 Å². The van der Waals surface area contributed by atoms with E-state index in [9.17, 15) is 14.4 Å². The molecule has 7 atom stereocenters. The van der Waals surface area contributed by atoms with Crippen LogP contribution in [0.1, 0.15) is 86.5 Å². The van der Waals surface area contributed by atoms with Gasteiger partial charge in [-0.1, -0.05) is 52.3 Å². The molecule has 5 rings (SSSR count). The van der Waals surface area contributed by atoms with Crippen LogP contribution in [0.4, 0.5) is 0 Å². The van der Waals surface area contributed by atoms with Gasteiger partial charge in [-0.25, -0.2) is 0 Å². The van der Waals surface area contributed by atoms with E-state index in [1.807, 2.05) is 6.92 Å². The number of hydrogen-bond acceptors (Lipinski definition) is 4. The molecule has 34 heavy (non-hydrogen) atoms. The molecule has 0 aromatic heterocycles. The fourth-order valence-corrected chi connectivity index (χ4v) is 9.02. The lowest BCUT2D eigenvalue weighted by Gasteiger charge is -2.70. The fourth-order valence-electron chi connectivity index (χ4n) is 9.02. The maximum atomic E-state index is 12.8. The van der Waals surface area contributed by atoms with Gasteiger partial charge in [-0.2, -0.15) is 0 Å². The van der Waals surface area contributed by atoms with E-state index in [0.29, 0.717) is 5.92 Å². The molecule has 0 radical (unpaired) electrons. The monoisotopic (exact) mass is 464 g/mol. The number of hydrogen-bond donors (Lipinski definition) is 0. The number of fused-ring (bicyclic) bond motifs is 7. The number of methoxy groups -OCH3 is 1. The first-order valence-corrected chi connectivity index (χ1v) is 13.1. The molecule has 0 aromatic rings. The predicted molar refractivity (Wildman–Crippen MR) is 132 cm³/mol. The van der Waals surface area contributed by atoms with E-state index < -0.39 is 5.41 Å². The third-order valence-corrected chi connectivity index (χ3v) is 11.7. The summed E-state index contributed by atoms with van der Waals surface area (Å²) in [6.45, 7) is 13.6. The van der Waals surface area contributed by atoms with Gasteiger partial charge < -0.3 is 4.74 Å². The standard InChI is InChI=1S/C30H40O4/c1-18-19-8-9-22-28(4,20(19)16-21(31)24(18)32)13-15-30(6)23-17-27(3,25(33)34-7)11-10-26(23,2)12-14-29(22,30)5/h8-9,16,18,23H,10-15,17H2,1-7H3/t18?,23-,26-,27-,28+,29-,30+/m1/s1. The minimum Gasteiger partial charge on any atom is -0.469 e. The highest BCUT2D eigenvalue weighted by molar-refractivity contribution is 6.44. The van der Waals surface area contributed by atoms with Crippen LogP contribution in [0.15, 0.2) is 34.9 Å². The average molecular weight is 465 g/mol. The molecule has 0 aliphatic heterocycles. The molecule has 0 heterocycles. The second-order valence-corrected chi connectivity index (χ2v) is 13.3. The maximum Gasteiger partial charge on any atom is 0.311 e. The third kappa shape index (κ3) is 2.74. The summed E-state index contributed by atoms with van der Waals surface area (Å²) in [5, 5.41) is 0. The summed E-state index contributed by atoms with van der Waals surface area (Å²) in [7, 11) is 1.52. The number of carbonyl (C=O) groups excluding carboxylic acids is 3. The molecule has 5 aliphatic rings. The van der Waals surface area contributed by atoms with Crippen LogP contribution in [0.3, 0.4) is 0 Å². The third-order valence-electron chi connectivity index (χ3n) is 11.7. The zero-order valence-electron chi connectivity index (χ0n) is 22.0. The van der Waals surface area contributed by atoms with Crippen molar-refractivity contribution >= 4 is 17.5 Å². The quantitative estimate of drug-likeness (QED) is 0.344. The minimum atomic E-state index is -0.428. The molecule has 0 N–H and O–H groups in total. The van der Waals surface area contributed by atoms with Crippen LogP contribution in [0.2, 0.25) is 0 Å². The molecule has 0 spiro atoms. The summed E-state index contributed by atoms with van der Waals surface area (Å²) in [6, 6.07) is 0. The second kappa shape index (κ2) is 7.04. The Balaban J connectivity index is 1.62. The molecule has 3 saturated carbocycles. The first-order chi connectivity index (χ1) is 15.8.